The van der Waals surface area contributed by atoms with E-state index in [-0.39, 0.29) is 11.2 Å². The number of H-pyrrole nitrogens is 1. The highest BCUT2D eigenvalue weighted by Gasteiger charge is 2.23. The van der Waals surface area contributed by atoms with Crippen LogP contribution in [-0.2, 0) is 0 Å². The second-order valence-electron chi connectivity index (χ2n) is 3.53. The molecule has 0 spiro atoms. The molecule has 0 radical (unpaired) electrons. The predicted octanol–water partition coefficient (Wildman–Crippen LogP) is 1.08. The van der Waals surface area contributed by atoms with Crippen LogP contribution >= 0.6 is 0 Å². The largest absolute Gasteiger partial charge is 0.308 e. The van der Waals surface area contributed by atoms with Gasteiger partial charge >= 0.3 is 5.69 Å². The Kier molecular flexibility index (Phi) is 1.76. The van der Waals surface area contributed by atoms with Crippen molar-refractivity contribution in [2.45, 2.75) is 0 Å². The fourth-order valence-corrected chi connectivity index (χ4v) is 1.97. The number of fused-ring (bicyclic) bond motifs is 3. The molecule has 0 fully saturated rings. The molecule has 0 saturated heterocycles. The molecule has 3 rings (SSSR count). The van der Waals surface area contributed by atoms with Crippen LogP contribution in [0.2, 0.25) is 0 Å². The molecule has 0 aliphatic carbocycles. The summed E-state index contributed by atoms with van der Waals surface area (Å²) < 4.78 is 1.42. The number of nitro groups is 1. The molecule has 0 saturated carbocycles. The third kappa shape index (κ3) is 1.16. The topological polar surface area (TPSA) is 93.3 Å². The molecule has 1 aromatic carbocycles. The number of hydrogen-bond donors (Lipinski definition) is 1. The summed E-state index contributed by atoms with van der Waals surface area (Å²) in [6.45, 7) is 0. The normalized spacial score (nSPS) is 11.1. The van der Waals surface area contributed by atoms with Gasteiger partial charge in [0.05, 0.1) is 15.8 Å². The van der Waals surface area contributed by atoms with Crippen LogP contribution in [-0.4, -0.2) is 19.5 Å². The molecule has 0 aliphatic rings. The second kappa shape index (κ2) is 3.14. The van der Waals surface area contributed by atoms with E-state index in [9.17, 15) is 14.9 Å². The van der Waals surface area contributed by atoms with Gasteiger partial charge in [0, 0.05) is 0 Å². The van der Waals surface area contributed by atoms with Gasteiger partial charge in [-0.2, -0.15) is 5.10 Å². The molecule has 17 heavy (non-hydrogen) atoms. The highest BCUT2D eigenvalue weighted by molar-refractivity contribution is 5.98. The summed E-state index contributed by atoms with van der Waals surface area (Å²) in [5.41, 5.74) is -0.168. The summed E-state index contributed by atoms with van der Waals surface area (Å²) in [6.07, 6.45) is 1.35. The molecule has 0 atom stereocenters. The molecule has 0 bridgehead atoms. The standard InChI is InChI=1S/C10H6N4O3/c15-10-9-8(14(16)17)6-3-1-2-4-7(6)13(9)5-11-12-10/h1-5H,(H,12,15). The third-order valence-electron chi connectivity index (χ3n) is 2.62. The van der Waals surface area contributed by atoms with Crippen molar-refractivity contribution in [2.24, 2.45) is 0 Å². The quantitative estimate of drug-likeness (QED) is 0.500. The van der Waals surface area contributed by atoms with E-state index < -0.39 is 10.5 Å². The second-order valence-corrected chi connectivity index (χ2v) is 3.53. The zero-order valence-corrected chi connectivity index (χ0v) is 8.45. The van der Waals surface area contributed by atoms with Crippen molar-refractivity contribution in [3.8, 4) is 0 Å². The summed E-state index contributed by atoms with van der Waals surface area (Å²) in [6, 6.07) is 6.76. The molecule has 84 valence electrons. The van der Waals surface area contributed by atoms with Crippen molar-refractivity contribution in [3.63, 3.8) is 0 Å². The minimum absolute atomic E-state index is 0.00574. The number of para-hydroxylation sites is 1. The zero-order valence-electron chi connectivity index (χ0n) is 8.45. The first-order chi connectivity index (χ1) is 8.20. The maximum atomic E-state index is 11.6. The van der Waals surface area contributed by atoms with E-state index in [1.54, 1.807) is 24.3 Å². The van der Waals surface area contributed by atoms with Gasteiger partial charge < -0.3 is 0 Å². The lowest BCUT2D eigenvalue weighted by Gasteiger charge is -1.91. The van der Waals surface area contributed by atoms with Crippen LogP contribution in [0.25, 0.3) is 16.4 Å². The van der Waals surface area contributed by atoms with Gasteiger partial charge in [0.1, 0.15) is 6.33 Å². The number of rotatable bonds is 1. The lowest BCUT2D eigenvalue weighted by Crippen LogP contribution is -2.11. The first kappa shape index (κ1) is 9.52. The van der Waals surface area contributed by atoms with Gasteiger partial charge in [-0.1, -0.05) is 12.1 Å². The van der Waals surface area contributed by atoms with Crippen molar-refractivity contribution in [3.05, 3.63) is 51.1 Å². The fraction of sp³-hybridized carbons (Fsp3) is 0. The van der Waals surface area contributed by atoms with E-state index in [4.69, 9.17) is 0 Å². The number of hydrogen-bond acceptors (Lipinski definition) is 4. The Hall–Kier alpha value is -2.70. The molecule has 3 aromatic rings. The average molecular weight is 230 g/mol. The van der Waals surface area contributed by atoms with Crippen LogP contribution in [0, 0.1) is 10.1 Å². The Labute approximate surface area is 93.5 Å². The summed E-state index contributed by atoms with van der Waals surface area (Å²) in [5.74, 6) is 0. The van der Waals surface area contributed by atoms with Crippen LogP contribution < -0.4 is 5.56 Å². The molecule has 2 heterocycles. The van der Waals surface area contributed by atoms with Gasteiger partial charge in [0.25, 0.3) is 5.56 Å². The van der Waals surface area contributed by atoms with Gasteiger partial charge in [-0.25, -0.2) is 5.10 Å². The van der Waals surface area contributed by atoms with E-state index in [1.807, 2.05) is 0 Å². The molecule has 7 nitrogen and oxygen atoms in total. The van der Waals surface area contributed by atoms with Crippen molar-refractivity contribution < 1.29 is 4.92 Å². The Morgan fingerprint density at radius 3 is 2.88 bits per heavy atom. The Morgan fingerprint density at radius 2 is 2.12 bits per heavy atom. The minimum Gasteiger partial charge on any atom is -0.288 e. The van der Waals surface area contributed by atoms with Crippen molar-refractivity contribution in [1.29, 1.82) is 0 Å². The minimum atomic E-state index is -0.574. The molecular weight excluding hydrogens is 224 g/mol. The van der Waals surface area contributed by atoms with E-state index in [0.29, 0.717) is 10.9 Å². The lowest BCUT2D eigenvalue weighted by molar-refractivity contribution is -0.381. The van der Waals surface area contributed by atoms with E-state index in [2.05, 4.69) is 10.2 Å². The molecule has 0 amide bonds. The first-order valence-corrected chi connectivity index (χ1v) is 4.81. The van der Waals surface area contributed by atoms with E-state index in [1.165, 1.54) is 10.7 Å². The molecule has 1 N–H and O–H groups in total. The van der Waals surface area contributed by atoms with Gasteiger partial charge in [0.2, 0.25) is 0 Å². The summed E-state index contributed by atoms with van der Waals surface area (Å²) in [5, 5.41) is 17.3. The third-order valence-corrected chi connectivity index (χ3v) is 2.62. The Bertz CT molecular complexity index is 802. The number of benzene rings is 1. The Balaban J connectivity index is 2.73. The average Bonchev–Trinajstić information content (AvgIpc) is 2.65. The highest BCUT2D eigenvalue weighted by Crippen LogP contribution is 2.30. The molecule has 0 aliphatic heterocycles. The predicted molar refractivity (Wildman–Crippen MR) is 60.0 cm³/mol. The fourth-order valence-electron chi connectivity index (χ4n) is 1.97. The van der Waals surface area contributed by atoms with E-state index in [0.717, 1.165) is 0 Å². The van der Waals surface area contributed by atoms with Crippen LogP contribution in [0.3, 0.4) is 0 Å². The van der Waals surface area contributed by atoms with Crippen molar-refractivity contribution >= 4 is 22.1 Å². The SMILES string of the molecule is O=c1[nH]ncn2c1c([N+](=O)[O-])c1ccccc12. The van der Waals surface area contributed by atoms with Crippen LogP contribution in [0.1, 0.15) is 0 Å². The molecule has 7 heteroatoms. The van der Waals surface area contributed by atoms with Crippen LogP contribution in [0.15, 0.2) is 35.4 Å². The maximum absolute atomic E-state index is 11.6. The summed E-state index contributed by atoms with van der Waals surface area (Å²) in [4.78, 5) is 22.1. The van der Waals surface area contributed by atoms with Crippen molar-refractivity contribution in [2.75, 3.05) is 0 Å². The van der Waals surface area contributed by atoms with Gasteiger partial charge in [-0.05, 0) is 12.1 Å². The van der Waals surface area contributed by atoms with Crippen LogP contribution in [0.5, 0.6) is 0 Å². The van der Waals surface area contributed by atoms with Crippen LogP contribution in [0.4, 0.5) is 5.69 Å². The van der Waals surface area contributed by atoms with Gasteiger partial charge in [-0.15, -0.1) is 0 Å². The summed E-state index contributed by atoms with van der Waals surface area (Å²) in [7, 11) is 0. The number of aromatic nitrogens is 3. The number of nitrogens with zero attached hydrogens (tertiary/aromatic N) is 3. The Morgan fingerprint density at radius 1 is 1.35 bits per heavy atom. The first-order valence-electron chi connectivity index (χ1n) is 4.81. The van der Waals surface area contributed by atoms with Crippen molar-refractivity contribution in [1.82, 2.24) is 14.6 Å². The number of nitrogens with one attached hydrogen (secondary N) is 1. The molecule has 2 aromatic heterocycles. The lowest BCUT2D eigenvalue weighted by atomic mass is 10.2. The number of aromatic amines is 1. The van der Waals surface area contributed by atoms with Gasteiger partial charge in [0.15, 0.2) is 5.52 Å². The smallest absolute Gasteiger partial charge is 0.288 e. The maximum Gasteiger partial charge on any atom is 0.308 e. The highest BCUT2D eigenvalue weighted by atomic mass is 16.6. The van der Waals surface area contributed by atoms with Gasteiger partial charge in [-0.3, -0.25) is 19.3 Å². The van der Waals surface area contributed by atoms with E-state index >= 15 is 0 Å². The monoisotopic (exact) mass is 230 g/mol. The molecular formula is C10H6N4O3. The zero-order chi connectivity index (χ0) is 12.0. The molecule has 0 unspecified atom stereocenters. The summed E-state index contributed by atoms with van der Waals surface area (Å²) >= 11 is 0.